The van der Waals surface area contributed by atoms with Crippen molar-refractivity contribution in [2.75, 3.05) is 0 Å². The van der Waals surface area contributed by atoms with Gasteiger partial charge in [-0.1, -0.05) is 50.1 Å². The summed E-state index contributed by atoms with van der Waals surface area (Å²) in [4.78, 5) is 24.6. The van der Waals surface area contributed by atoms with E-state index in [1.54, 1.807) is 6.92 Å². The SMILES string of the molecule is C[C@H](CC(=O)OC(C)(C)C)C(=O)O[C@@H](C)[C@@H](c1ccccc1)C1CCCC1. The van der Waals surface area contributed by atoms with Gasteiger partial charge >= 0.3 is 11.9 Å². The van der Waals surface area contributed by atoms with E-state index in [1.807, 2.05) is 45.9 Å². The van der Waals surface area contributed by atoms with E-state index in [9.17, 15) is 9.59 Å². The minimum Gasteiger partial charge on any atom is -0.462 e. The van der Waals surface area contributed by atoms with Crippen LogP contribution in [0.4, 0.5) is 0 Å². The smallest absolute Gasteiger partial charge is 0.309 e. The lowest BCUT2D eigenvalue weighted by Crippen LogP contribution is -2.31. The number of hydrogen-bond donors (Lipinski definition) is 0. The first kappa shape index (κ1) is 21.5. The van der Waals surface area contributed by atoms with Crippen molar-refractivity contribution in [2.45, 2.75) is 84.3 Å². The van der Waals surface area contributed by atoms with Gasteiger partial charge < -0.3 is 9.47 Å². The molecule has 1 aromatic rings. The van der Waals surface area contributed by atoms with E-state index in [0.717, 1.165) is 0 Å². The predicted molar refractivity (Wildman–Crippen MR) is 106 cm³/mol. The van der Waals surface area contributed by atoms with Crippen LogP contribution in [0, 0.1) is 11.8 Å². The van der Waals surface area contributed by atoms with E-state index in [4.69, 9.17) is 9.47 Å². The summed E-state index contributed by atoms with van der Waals surface area (Å²) >= 11 is 0. The van der Waals surface area contributed by atoms with Crippen molar-refractivity contribution >= 4 is 11.9 Å². The summed E-state index contributed by atoms with van der Waals surface area (Å²) in [5.41, 5.74) is 0.680. The number of carbonyl (C=O) groups excluding carboxylic acids is 2. The van der Waals surface area contributed by atoms with Crippen molar-refractivity contribution < 1.29 is 19.1 Å². The predicted octanol–water partition coefficient (Wildman–Crippen LogP) is 5.26. The molecule has 0 heterocycles. The molecule has 0 radical (unpaired) electrons. The van der Waals surface area contributed by atoms with Gasteiger partial charge in [0, 0.05) is 5.92 Å². The zero-order valence-corrected chi connectivity index (χ0v) is 17.4. The maximum atomic E-state index is 12.6. The second-order valence-electron chi connectivity index (χ2n) is 8.81. The van der Waals surface area contributed by atoms with Crippen LogP contribution >= 0.6 is 0 Å². The Morgan fingerprint density at radius 1 is 1.07 bits per heavy atom. The summed E-state index contributed by atoms with van der Waals surface area (Å²) in [5, 5.41) is 0. The summed E-state index contributed by atoms with van der Waals surface area (Å²) in [6.07, 6.45) is 4.66. The van der Waals surface area contributed by atoms with Crippen molar-refractivity contribution in [3.05, 3.63) is 35.9 Å². The third-order valence-corrected chi connectivity index (χ3v) is 5.20. The first-order valence-electron chi connectivity index (χ1n) is 10.1. The van der Waals surface area contributed by atoms with Crippen molar-refractivity contribution in [2.24, 2.45) is 11.8 Å². The Balaban J connectivity index is 2.00. The topological polar surface area (TPSA) is 52.6 Å². The lowest BCUT2D eigenvalue weighted by molar-refractivity contribution is -0.163. The molecule has 0 spiro atoms. The first-order valence-corrected chi connectivity index (χ1v) is 10.1. The Morgan fingerprint density at radius 3 is 2.22 bits per heavy atom. The second-order valence-corrected chi connectivity index (χ2v) is 8.81. The molecule has 3 atom stereocenters. The maximum Gasteiger partial charge on any atom is 0.309 e. The molecule has 27 heavy (non-hydrogen) atoms. The second kappa shape index (κ2) is 9.38. The number of rotatable bonds is 7. The van der Waals surface area contributed by atoms with Gasteiger partial charge in [0.25, 0.3) is 0 Å². The van der Waals surface area contributed by atoms with Crippen LogP contribution in [-0.4, -0.2) is 23.6 Å². The van der Waals surface area contributed by atoms with Gasteiger partial charge in [-0.2, -0.15) is 0 Å². The van der Waals surface area contributed by atoms with Crippen molar-refractivity contribution in [1.82, 2.24) is 0 Å². The number of benzene rings is 1. The summed E-state index contributed by atoms with van der Waals surface area (Å²) in [6.45, 7) is 9.17. The Morgan fingerprint density at radius 2 is 1.67 bits per heavy atom. The fourth-order valence-corrected chi connectivity index (χ4v) is 4.01. The average molecular weight is 375 g/mol. The van der Waals surface area contributed by atoms with Crippen LogP contribution in [0.1, 0.15) is 78.2 Å². The largest absolute Gasteiger partial charge is 0.462 e. The first-order chi connectivity index (χ1) is 12.7. The molecular formula is C23H34O4. The van der Waals surface area contributed by atoms with Crippen LogP contribution in [0.15, 0.2) is 30.3 Å². The van der Waals surface area contributed by atoms with Gasteiger partial charge in [0.15, 0.2) is 0 Å². The van der Waals surface area contributed by atoms with Gasteiger partial charge in [0.1, 0.15) is 11.7 Å². The molecule has 1 fully saturated rings. The standard InChI is InChI=1S/C23H34O4/c1-16(15-20(24)27-23(3,4)5)22(25)26-17(2)21(19-13-9-10-14-19)18-11-7-6-8-12-18/h6-8,11-12,16-17,19,21H,9-10,13-15H2,1-5H3/t16-,17+,21+/m1/s1. The number of esters is 2. The third kappa shape index (κ3) is 6.67. The molecule has 150 valence electrons. The highest BCUT2D eigenvalue weighted by atomic mass is 16.6. The van der Waals surface area contributed by atoms with E-state index < -0.39 is 11.5 Å². The molecule has 1 aliphatic carbocycles. The monoisotopic (exact) mass is 374 g/mol. The number of hydrogen-bond acceptors (Lipinski definition) is 4. The molecule has 0 bridgehead atoms. The van der Waals surface area contributed by atoms with Crippen LogP contribution in [0.2, 0.25) is 0 Å². The molecule has 1 saturated carbocycles. The summed E-state index contributed by atoms with van der Waals surface area (Å²) in [7, 11) is 0. The molecule has 0 aliphatic heterocycles. The molecule has 1 aromatic carbocycles. The van der Waals surface area contributed by atoms with E-state index in [1.165, 1.54) is 31.2 Å². The van der Waals surface area contributed by atoms with E-state index >= 15 is 0 Å². The van der Waals surface area contributed by atoms with Gasteiger partial charge in [0.2, 0.25) is 0 Å². The van der Waals surface area contributed by atoms with Gasteiger partial charge in [0.05, 0.1) is 12.3 Å². The Kier molecular flexibility index (Phi) is 7.46. The normalized spacial score (nSPS) is 18.6. The van der Waals surface area contributed by atoms with Gasteiger partial charge in [-0.05, 0) is 52.0 Å². The number of ether oxygens (including phenoxy) is 2. The summed E-state index contributed by atoms with van der Waals surface area (Å²) in [5.74, 6) is -0.465. The highest BCUT2D eigenvalue weighted by Gasteiger charge is 2.33. The highest BCUT2D eigenvalue weighted by molar-refractivity contribution is 5.80. The molecule has 0 unspecified atom stereocenters. The average Bonchev–Trinajstić information content (AvgIpc) is 3.08. The highest BCUT2D eigenvalue weighted by Crippen LogP contribution is 2.40. The third-order valence-electron chi connectivity index (χ3n) is 5.20. The summed E-state index contributed by atoms with van der Waals surface area (Å²) < 4.78 is 11.1. The quantitative estimate of drug-likeness (QED) is 0.611. The molecule has 1 aliphatic rings. The maximum absolute atomic E-state index is 12.6. The van der Waals surface area contributed by atoms with Crippen LogP contribution in [-0.2, 0) is 19.1 Å². The van der Waals surface area contributed by atoms with E-state index in [2.05, 4.69) is 12.1 Å². The molecule has 4 nitrogen and oxygen atoms in total. The van der Waals surface area contributed by atoms with Gasteiger partial charge in [-0.25, -0.2) is 0 Å². The van der Waals surface area contributed by atoms with Crippen LogP contribution in [0.3, 0.4) is 0 Å². The minimum absolute atomic E-state index is 0.0439. The molecule has 0 aromatic heterocycles. The fourth-order valence-electron chi connectivity index (χ4n) is 4.01. The molecular weight excluding hydrogens is 340 g/mol. The van der Waals surface area contributed by atoms with Crippen molar-refractivity contribution in [3.8, 4) is 0 Å². The zero-order valence-electron chi connectivity index (χ0n) is 17.4. The Hall–Kier alpha value is -1.84. The van der Waals surface area contributed by atoms with Crippen molar-refractivity contribution in [1.29, 1.82) is 0 Å². The minimum atomic E-state index is -0.547. The molecule has 0 amide bonds. The van der Waals surface area contributed by atoms with Crippen molar-refractivity contribution in [3.63, 3.8) is 0 Å². The molecule has 2 rings (SSSR count). The van der Waals surface area contributed by atoms with Gasteiger partial charge in [-0.15, -0.1) is 0 Å². The lowest BCUT2D eigenvalue weighted by atomic mass is 9.81. The van der Waals surface area contributed by atoms with Gasteiger partial charge in [-0.3, -0.25) is 9.59 Å². The van der Waals surface area contributed by atoms with E-state index in [-0.39, 0.29) is 30.4 Å². The van der Waals surface area contributed by atoms with Crippen LogP contribution in [0.5, 0.6) is 0 Å². The Labute approximate surface area is 163 Å². The lowest BCUT2D eigenvalue weighted by Gasteiger charge is -2.30. The molecule has 0 N–H and O–H groups in total. The van der Waals surface area contributed by atoms with Crippen LogP contribution < -0.4 is 0 Å². The van der Waals surface area contributed by atoms with Crippen LogP contribution in [0.25, 0.3) is 0 Å². The summed E-state index contributed by atoms with van der Waals surface area (Å²) in [6, 6.07) is 10.3. The van der Waals surface area contributed by atoms with E-state index in [0.29, 0.717) is 5.92 Å². The zero-order chi connectivity index (χ0) is 20.0. The number of carbonyl (C=O) groups is 2. The fraction of sp³-hybridized carbons (Fsp3) is 0.652. The molecule has 4 heteroatoms. The molecule has 0 saturated heterocycles. The Bertz CT molecular complexity index is 611.